The van der Waals surface area contributed by atoms with Crippen molar-refractivity contribution in [3.05, 3.63) is 23.8 Å². The lowest BCUT2D eigenvalue weighted by Gasteiger charge is -2.29. The Morgan fingerprint density at radius 3 is 2.50 bits per heavy atom. The zero-order valence-electron chi connectivity index (χ0n) is 18.0. The molecule has 0 aromatic heterocycles. The molecule has 1 aliphatic heterocycles. The summed E-state index contributed by atoms with van der Waals surface area (Å²) in [6.07, 6.45) is 5.74. The second-order valence-corrected chi connectivity index (χ2v) is 10.7. The molecule has 0 bridgehead atoms. The highest BCUT2D eigenvalue weighted by atomic mass is 32.2. The number of hydrogen-bond acceptors (Lipinski definition) is 4. The van der Waals surface area contributed by atoms with Crippen molar-refractivity contribution in [1.29, 1.82) is 0 Å². The molecule has 1 aromatic carbocycles. The van der Waals surface area contributed by atoms with Crippen molar-refractivity contribution in [2.75, 3.05) is 5.32 Å². The lowest BCUT2D eigenvalue weighted by atomic mass is 9.87. The summed E-state index contributed by atoms with van der Waals surface area (Å²) in [5, 5.41) is 5.85. The maximum absolute atomic E-state index is 13.0. The Morgan fingerprint density at radius 1 is 1.13 bits per heavy atom. The van der Waals surface area contributed by atoms with Gasteiger partial charge in [0.25, 0.3) is 0 Å². The number of aryl methyl sites for hydroxylation is 1. The third-order valence-electron chi connectivity index (χ3n) is 6.10. The van der Waals surface area contributed by atoms with Gasteiger partial charge in [-0.3, -0.25) is 9.59 Å². The molecule has 1 atom stereocenters. The normalized spacial score (nSPS) is 23.3. The van der Waals surface area contributed by atoms with Gasteiger partial charge in [0, 0.05) is 18.2 Å². The summed E-state index contributed by atoms with van der Waals surface area (Å²) in [7, 11) is -3.88. The number of amides is 2. The van der Waals surface area contributed by atoms with E-state index in [-0.39, 0.29) is 28.7 Å². The highest BCUT2D eigenvalue weighted by molar-refractivity contribution is 7.89. The fourth-order valence-corrected chi connectivity index (χ4v) is 5.54. The molecule has 1 heterocycles. The van der Waals surface area contributed by atoms with E-state index in [2.05, 4.69) is 22.3 Å². The van der Waals surface area contributed by atoms with Gasteiger partial charge in [0.2, 0.25) is 21.8 Å². The molecule has 1 saturated carbocycles. The Hall–Kier alpha value is -1.93. The van der Waals surface area contributed by atoms with Crippen LogP contribution in [0.25, 0.3) is 0 Å². The highest BCUT2D eigenvalue weighted by Crippen LogP contribution is 2.26. The summed E-state index contributed by atoms with van der Waals surface area (Å²) < 4.78 is 28.7. The van der Waals surface area contributed by atoms with Crippen LogP contribution in [0.2, 0.25) is 0 Å². The number of rotatable bonds is 6. The van der Waals surface area contributed by atoms with Crippen molar-refractivity contribution in [2.45, 2.75) is 82.7 Å². The van der Waals surface area contributed by atoms with Gasteiger partial charge in [-0.2, -0.15) is 4.72 Å². The minimum atomic E-state index is -3.88. The zero-order chi connectivity index (χ0) is 21.9. The maximum Gasteiger partial charge on any atom is 0.241 e. The van der Waals surface area contributed by atoms with Crippen LogP contribution in [-0.2, 0) is 26.0 Å². The van der Waals surface area contributed by atoms with E-state index in [0.29, 0.717) is 30.9 Å². The molecule has 30 heavy (non-hydrogen) atoms. The second-order valence-electron chi connectivity index (χ2n) is 9.03. The minimum Gasteiger partial charge on any atom is -0.352 e. The molecular formula is C22H33N3O4S. The molecule has 3 rings (SSSR count). The summed E-state index contributed by atoms with van der Waals surface area (Å²) >= 11 is 0. The van der Waals surface area contributed by atoms with Crippen molar-refractivity contribution in [3.8, 4) is 0 Å². The average molecular weight is 436 g/mol. The van der Waals surface area contributed by atoms with Gasteiger partial charge in [0.1, 0.15) is 6.04 Å². The van der Waals surface area contributed by atoms with Crippen LogP contribution in [-0.4, -0.2) is 32.3 Å². The predicted octanol–water partition coefficient (Wildman–Crippen LogP) is 2.96. The number of carbonyl (C=O) groups excluding carboxylic acids is 2. The number of anilines is 1. The summed E-state index contributed by atoms with van der Waals surface area (Å²) in [6.45, 7) is 5.89. The molecule has 1 aliphatic carbocycles. The van der Waals surface area contributed by atoms with Crippen LogP contribution < -0.4 is 15.4 Å². The van der Waals surface area contributed by atoms with Gasteiger partial charge >= 0.3 is 0 Å². The Kier molecular flexibility index (Phi) is 7.18. The van der Waals surface area contributed by atoms with E-state index in [1.54, 1.807) is 12.1 Å². The van der Waals surface area contributed by atoms with Gasteiger partial charge in [-0.05, 0) is 74.1 Å². The molecule has 2 amide bonds. The molecule has 0 radical (unpaired) electrons. The summed E-state index contributed by atoms with van der Waals surface area (Å²) in [4.78, 5) is 24.7. The molecule has 2 aliphatic rings. The smallest absolute Gasteiger partial charge is 0.241 e. The fraction of sp³-hybridized carbons (Fsp3) is 0.636. The molecule has 7 nitrogen and oxygen atoms in total. The van der Waals surface area contributed by atoms with Gasteiger partial charge < -0.3 is 10.6 Å². The summed E-state index contributed by atoms with van der Waals surface area (Å²) in [5.41, 5.74) is 1.45. The molecule has 166 valence electrons. The van der Waals surface area contributed by atoms with Gasteiger partial charge in [-0.15, -0.1) is 0 Å². The number of carbonyl (C=O) groups is 2. The quantitative estimate of drug-likeness (QED) is 0.639. The summed E-state index contributed by atoms with van der Waals surface area (Å²) in [6, 6.07) is 3.97. The third-order valence-corrected chi connectivity index (χ3v) is 7.54. The number of fused-ring (bicyclic) bond motifs is 1. The first-order chi connectivity index (χ1) is 14.2. The third kappa shape index (κ3) is 5.60. The lowest BCUT2D eigenvalue weighted by molar-refractivity contribution is -0.124. The second kappa shape index (κ2) is 9.47. The predicted molar refractivity (Wildman–Crippen MR) is 117 cm³/mol. The summed E-state index contributed by atoms with van der Waals surface area (Å²) in [5.74, 6) is 0.157. The van der Waals surface area contributed by atoms with Crippen molar-refractivity contribution < 1.29 is 18.0 Å². The van der Waals surface area contributed by atoms with E-state index in [9.17, 15) is 18.0 Å². The first kappa shape index (κ1) is 22.7. The molecular weight excluding hydrogens is 402 g/mol. The van der Waals surface area contributed by atoms with Gasteiger partial charge in [0.05, 0.1) is 4.90 Å². The standard InChI is InChI=1S/C22H33N3O4S/c1-14(2)21(22(27)23-17-9-7-15(3)8-10-17)25-30(28,29)18-11-12-19-16(13-18)5-4-6-20(26)24-19/h11-15,17,21,25H,4-10H2,1-3H3,(H,23,27)(H,24,26). The van der Waals surface area contributed by atoms with Crippen LogP contribution in [0.1, 0.15) is 64.9 Å². The van der Waals surface area contributed by atoms with Crippen molar-refractivity contribution >= 4 is 27.5 Å². The first-order valence-electron chi connectivity index (χ1n) is 10.9. The zero-order valence-corrected chi connectivity index (χ0v) is 18.8. The van der Waals surface area contributed by atoms with E-state index >= 15 is 0 Å². The van der Waals surface area contributed by atoms with Crippen LogP contribution in [0.3, 0.4) is 0 Å². The molecule has 1 fully saturated rings. The molecule has 0 saturated heterocycles. The molecule has 3 N–H and O–H groups in total. The van der Waals surface area contributed by atoms with Crippen LogP contribution in [0, 0.1) is 11.8 Å². The largest absolute Gasteiger partial charge is 0.352 e. The number of sulfonamides is 1. The van der Waals surface area contributed by atoms with Crippen LogP contribution in [0.5, 0.6) is 0 Å². The Bertz CT molecular complexity index is 890. The number of benzene rings is 1. The van der Waals surface area contributed by atoms with Gasteiger partial charge in [-0.1, -0.05) is 20.8 Å². The van der Waals surface area contributed by atoms with Crippen molar-refractivity contribution in [2.24, 2.45) is 11.8 Å². The van der Waals surface area contributed by atoms with E-state index in [0.717, 1.165) is 31.2 Å². The minimum absolute atomic E-state index is 0.0591. The first-order valence-corrected chi connectivity index (χ1v) is 12.4. The van der Waals surface area contributed by atoms with Crippen LogP contribution >= 0.6 is 0 Å². The van der Waals surface area contributed by atoms with E-state index in [4.69, 9.17) is 0 Å². The molecule has 1 unspecified atom stereocenters. The number of nitrogens with one attached hydrogen (secondary N) is 3. The Labute approximate surface area is 179 Å². The van der Waals surface area contributed by atoms with Gasteiger partial charge in [-0.25, -0.2) is 8.42 Å². The highest BCUT2D eigenvalue weighted by Gasteiger charge is 2.31. The molecule has 8 heteroatoms. The maximum atomic E-state index is 13.0. The van der Waals surface area contributed by atoms with E-state index in [1.165, 1.54) is 6.07 Å². The Morgan fingerprint density at radius 2 is 1.83 bits per heavy atom. The lowest BCUT2D eigenvalue weighted by Crippen LogP contribution is -2.52. The molecule has 1 aromatic rings. The van der Waals surface area contributed by atoms with Crippen LogP contribution in [0.4, 0.5) is 5.69 Å². The van der Waals surface area contributed by atoms with E-state index in [1.807, 2.05) is 13.8 Å². The fourth-order valence-electron chi connectivity index (χ4n) is 4.14. The topological polar surface area (TPSA) is 104 Å². The van der Waals surface area contributed by atoms with E-state index < -0.39 is 16.1 Å². The van der Waals surface area contributed by atoms with Crippen molar-refractivity contribution in [3.63, 3.8) is 0 Å². The van der Waals surface area contributed by atoms with Gasteiger partial charge in [0.15, 0.2) is 0 Å². The number of hydrogen-bond donors (Lipinski definition) is 3. The monoisotopic (exact) mass is 435 g/mol. The Balaban J connectivity index is 1.73. The molecule has 0 spiro atoms. The van der Waals surface area contributed by atoms with Crippen molar-refractivity contribution in [1.82, 2.24) is 10.0 Å². The average Bonchev–Trinajstić information content (AvgIpc) is 2.87. The van der Waals surface area contributed by atoms with Crippen LogP contribution in [0.15, 0.2) is 23.1 Å². The SMILES string of the molecule is CC1CCC(NC(=O)C(NS(=O)(=O)c2ccc3c(c2)CCCC(=O)N3)C(C)C)CC1.